The van der Waals surface area contributed by atoms with Crippen molar-refractivity contribution in [3.8, 4) is 5.75 Å². The molecule has 0 aliphatic carbocycles. The van der Waals surface area contributed by atoms with Crippen molar-refractivity contribution in [2.75, 3.05) is 29.2 Å². The van der Waals surface area contributed by atoms with Gasteiger partial charge in [0, 0.05) is 5.69 Å². The number of amides is 2. The van der Waals surface area contributed by atoms with Crippen LogP contribution in [0.5, 0.6) is 5.75 Å². The molecule has 30 heavy (non-hydrogen) atoms. The molecule has 160 valence electrons. The summed E-state index contributed by atoms with van der Waals surface area (Å²) in [6, 6.07) is 12.7. The molecule has 7 nitrogen and oxygen atoms in total. The summed E-state index contributed by atoms with van der Waals surface area (Å²) in [6.45, 7) is 5.39. The largest absolute Gasteiger partial charge is 0.495 e. The molecular formula is C22H26N2O5S. The summed E-state index contributed by atoms with van der Waals surface area (Å²) >= 11 is 1.12. The number of benzene rings is 2. The minimum Gasteiger partial charge on any atom is -0.495 e. The Morgan fingerprint density at radius 2 is 1.73 bits per heavy atom. The van der Waals surface area contributed by atoms with Gasteiger partial charge in [0.05, 0.1) is 24.3 Å². The zero-order valence-electron chi connectivity index (χ0n) is 17.5. The van der Waals surface area contributed by atoms with Crippen molar-refractivity contribution in [2.45, 2.75) is 26.9 Å². The number of nitrogens with one attached hydrogen (secondary N) is 2. The van der Waals surface area contributed by atoms with Gasteiger partial charge in [-0.05, 0) is 44.5 Å². The van der Waals surface area contributed by atoms with Gasteiger partial charge < -0.3 is 20.1 Å². The van der Waals surface area contributed by atoms with Gasteiger partial charge in [-0.3, -0.25) is 14.4 Å². The predicted octanol–water partition coefficient (Wildman–Crippen LogP) is 3.55. The zero-order chi connectivity index (χ0) is 22.1. The number of rotatable bonds is 9. The maximum absolute atomic E-state index is 12.2. The van der Waals surface area contributed by atoms with E-state index >= 15 is 0 Å². The lowest BCUT2D eigenvalue weighted by atomic mass is 10.1. The lowest BCUT2D eigenvalue weighted by molar-refractivity contribution is -0.150. The molecule has 0 bridgehead atoms. The number of methoxy groups -OCH3 is 1. The number of thioether (sulfide) groups is 1. The minimum atomic E-state index is -0.980. The molecule has 0 unspecified atom stereocenters. The number of anilines is 2. The van der Waals surface area contributed by atoms with Crippen molar-refractivity contribution in [1.29, 1.82) is 0 Å². The van der Waals surface area contributed by atoms with Crippen LogP contribution in [0.4, 0.5) is 11.4 Å². The third kappa shape index (κ3) is 7.11. The Balaban J connectivity index is 1.74. The monoisotopic (exact) mass is 430 g/mol. The first-order valence-electron chi connectivity index (χ1n) is 9.38. The molecule has 0 radical (unpaired) electrons. The topological polar surface area (TPSA) is 93.7 Å². The van der Waals surface area contributed by atoms with Gasteiger partial charge in [0.2, 0.25) is 5.91 Å². The van der Waals surface area contributed by atoms with E-state index in [1.54, 1.807) is 24.3 Å². The van der Waals surface area contributed by atoms with Crippen LogP contribution >= 0.6 is 11.8 Å². The fraction of sp³-hybridized carbons (Fsp3) is 0.318. The molecule has 2 aromatic rings. The lowest BCUT2D eigenvalue weighted by Gasteiger charge is -2.15. The van der Waals surface area contributed by atoms with Gasteiger partial charge in [-0.15, -0.1) is 11.8 Å². The van der Waals surface area contributed by atoms with E-state index in [0.717, 1.165) is 28.6 Å². The summed E-state index contributed by atoms with van der Waals surface area (Å²) in [5.41, 5.74) is 3.33. The molecule has 0 saturated carbocycles. The molecule has 0 fully saturated rings. The van der Waals surface area contributed by atoms with E-state index in [0.29, 0.717) is 11.4 Å². The summed E-state index contributed by atoms with van der Waals surface area (Å²) < 4.78 is 10.3. The molecular weight excluding hydrogens is 404 g/mol. The second kappa shape index (κ2) is 11.3. The van der Waals surface area contributed by atoms with Gasteiger partial charge in [0.1, 0.15) is 5.75 Å². The fourth-order valence-corrected chi connectivity index (χ4v) is 3.23. The van der Waals surface area contributed by atoms with Crippen LogP contribution in [0, 0.1) is 13.8 Å². The lowest BCUT2D eigenvalue weighted by Crippen LogP contribution is -2.30. The van der Waals surface area contributed by atoms with Crippen LogP contribution in [0.25, 0.3) is 0 Å². The normalized spacial score (nSPS) is 11.3. The maximum Gasteiger partial charge on any atom is 0.316 e. The first-order chi connectivity index (χ1) is 14.3. The van der Waals surface area contributed by atoms with Crippen molar-refractivity contribution in [3.63, 3.8) is 0 Å². The summed E-state index contributed by atoms with van der Waals surface area (Å²) in [5, 5.41) is 5.49. The quantitative estimate of drug-likeness (QED) is 0.591. The van der Waals surface area contributed by atoms with Gasteiger partial charge in [0.15, 0.2) is 6.10 Å². The molecule has 8 heteroatoms. The minimum absolute atomic E-state index is 0.0351. The molecule has 1 atom stereocenters. The number of hydrogen-bond acceptors (Lipinski definition) is 6. The van der Waals surface area contributed by atoms with Crippen LogP contribution < -0.4 is 15.4 Å². The Labute approximate surface area is 180 Å². The second-order valence-corrected chi connectivity index (χ2v) is 7.67. The SMILES string of the molecule is COc1ccccc1NC(=O)[C@H](C)OC(=O)CSCC(=O)Nc1ccc(C)cc1C. The highest BCUT2D eigenvalue weighted by Crippen LogP contribution is 2.23. The van der Waals surface area contributed by atoms with Gasteiger partial charge in [-0.2, -0.15) is 0 Å². The Hall–Kier alpha value is -3.00. The first-order valence-corrected chi connectivity index (χ1v) is 10.5. The summed E-state index contributed by atoms with van der Waals surface area (Å²) in [6.07, 6.45) is -0.980. The molecule has 0 saturated heterocycles. The number of aryl methyl sites for hydroxylation is 2. The van der Waals surface area contributed by atoms with E-state index in [1.165, 1.54) is 14.0 Å². The number of hydrogen-bond donors (Lipinski definition) is 2. The third-order valence-electron chi connectivity index (χ3n) is 4.15. The summed E-state index contributed by atoms with van der Waals surface area (Å²) in [4.78, 5) is 36.3. The van der Waals surface area contributed by atoms with Crippen molar-refractivity contribution in [1.82, 2.24) is 0 Å². The van der Waals surface area contributed by atoms with Gasteiger partial charge in [0.25, 0.3) is 5.91 Å². The van der Waals surface area contributed by atoms with Crippen molar-refractivity contribution in [3.05, 3.63) is 53.6 Å². The van der Waals surface area contributed by atoms with E-state index in [-0.39, 0.29) is 17.4 Å². The molecule has 0 spiro atoms. The van der Waals surface area contributed by atoms with Gasteiger partial charge in [-0.1, -0.05) is 29.8 Å². The Morgan fingerprint density at radius 3 is 2.43 bits per heavy atom. The standard InChI is InChI=1S/C22H26N2O5S/c1-14-9-10-17(15(2)11-14)23-20(25)12-30-13-21(26)29-16(3)22(27)24-18-7-5-6-8-19(18)28-4/h5-11,16H,12-13H2,1-4H3,(H,23,25)(H,24,27)/t16-/m0/s1. The molecule has 2 N–H and O–H groups in total. The van der Waals surface area contributed by atoms with Crippen LogP contribution in [0.1, 0.15) is 18.1 Å². The summed E-state index contributed by atoms with van der Waals surface area (Å²) in [7, 11) is 1.50. The average molecular weight is 431 g/mol. The molecule has 0 aromatic heterocycles. The molecule has 2 rings (SSSR count). The van der Waals surface area contributed by atoms with E-state index in [4.69, 9.17) is 9.47 Å². The van der Waals surface area contributed by atoms with Crippen LogP contribution in [-0.2, 0) is 19.1 Å². The first kappa shape index (κ1) is 23.3. The highest BCUT2D eigenvalue weighted by Gasteiger charge is 2.19. The van der Waals surface area contributed by atoms with Crippen LogP contribution in [-0.4, -0.2) is 42.5 Å². The molecule has 0 aliphatic rings. The Morgan fingerprint density at radius 1 is 1.00 bits per heavy atom. The fourth-order valence-electron chi connectivity index (χ4n) is 2.63. The highest BCUT2D eigenvalue weighted by atomic mass is 32.2. The van der Waals surface area contributed by atoms with Crippen LogP contribution in [0.3, 0.4) is 0 Å². The Kier molecular flexibility index (Phi) is 8.73. The average Bonchev–Trinajstić information content (AvgIpc) is 2.70. The van der Waals surface area contributed by atoms with Gasteiger partial charge in [-0.25, -0.2) is 0 Å². The number of ether oxygens (including phenoxy) is 2. The molecule has 2 amide bonds. The van der Waals surface area contributed by atoms with E-state index in [9.17, 15) is 14.4 Å². The highest BCUT2D eigenvalue weighted by molar-refractivity contribution is 8.00. The van der Waals surface area contributed by atoms with Gasteiger partial charge >= 0.3 is 5.97 Å². The van der Waals surface area contributed by atoms with Crippen molar-refractivity contribution < 1.29 is 23.9 Å². The number of carbonyl (C=O) groups is 3. The van der Waals surface area contributed by atoms with Crippen molar-refractivity contribution in [2.24, 2.45) is 0 Å². The van der Waals surface area contributed by atoms with E-state index in [2.05, 4.69) is 10.6 Å². The molecule has 2 aromatic carbocycles. The number of carbonyl (C=O) groups excluding carboxylic acids is 3. The number of esters is 1. The van der Waals surface area contributed by atoms with Crippen LogP contribution in [0.15, 0.2) is 42.5 Å². The zero-order valence-corrected chi connectivity index (χ0v) is 18.3. The van der Waals surface area contributed by atoms with E-state index < -0.39 is 18.0 Å². The molecule has 0 aliphatic heterocycles. The van der Waals surface area contributed by atoms with E-state index in [1.807, 2.05) is 32.0 Å². The Bertz CT molecular complexity index is 916. The second-order valence-electron chi connectivity index (χ2n) is 6.68. The molecule has 0 heterocycles. The maximum atomic E-state index is 12.2. The third-order valence-corrected chi connectivity index (χ3v) is 5.06. The van der Waals surface area contributed by atoms with Crippen molar-refractivity contribution >= 4 is 40.9 Å². The summed E-state index contributed by atoms with van der Waals surface area (Å²) in [5.74, 6) is -0.666. The van der Waals surface area contributed by atoms with Crippen LogP contribution in [0.2, 0.25) is 0 Å². The predicted molar refractivity (Wildman–Crippen MR) is 119 cm³/mol. The number of para-hydroxylation sites is 2. The smallest absolute Gasteiger partial charge is 0.316 e.